The number of benzene rings is 1. The predicted molar refractivity (Wildman–Crippen MR) is 137 cm³/mol. The number of rotatable bonds is 10. The van der Waals surface area contributed by atoms with Crippen molar-refractivity contribution in [3.05, 3.63) is 53.3 Å². The molecule has 3 heterocycles. The third-order valence-corrected chi connectivity index (χ3v) is 8.05. The lowest BCUT2D eigenvalue weighted by Crippen LogP contribution is -2.29. The number of nitrogens with one attached hydrogen (secondary N) is 1. The van der Waals surface area contributed by atoms with E-state index in [9.17, 15) is 12.8 Å². The second kappa shape index (κ2) is 10.8. The lowest BCUT2D eigenvalue weighted by atomic mass is 10.2. The molecule has 0 unspecified atom stereocenters. The molecule has 3 aromatic heterocycles. The molecule has 196 valence electrons. The van der Waals surface area contributed by atoms with E-state index in [0.717, 1.165) is 18.1 Å². The van der Waals surface area contributed by atoms with Gasteiger partial charge in [-0.1, -0.05) is 19.9 Å². The van der Waals surface area contributed by atoms with Crippen LogP contribution in [0, 0.1) is 5.82 Å². The molecule has 1 aromatic carbocycles. The molecule has 0 saturated heterocycles. The third kappa shape index (κ3) is 5.54. The highest BCUT2D eigenvalue weighted by atomic mass is 32.2. The first-order valence-electron chi connectivity index (χ1n) is 11.2. The number of hydrogen-bond acceptors (Lipinski definition) is 10. The van der Waals surface area contributed by atoms with E-state index in [2.05, 4.69) is 29.9 Å². The molecule has 14 heteroatoms. The molecule has 1 N–H and O–H groups in total. The number of hydrogen-bond donors (Lipinski definition) is 1. The molecule has 0 aliphatic rings. The Labute approximate surface area is 217 Å². The van der Waals surface area contributed by atoms with E-state index in [0.29, 0.717) is 28.0 Å². The summed E-state index contributed by atoms with van der Waals surface area (Å²) in [5.41, 5.74) is 1.28. The van der Waals surface area contributed by atoms with E-state index in [1.54, 1.807) is 18.2 Å². The Hall–Kier alpha value is -3.65. The van der Waals surface area contributed by atoms with Crippen LogP contribution in [-0.2, 0) is 16.4 Å². The first-order chi connectivity index (χ1) is 17.6. The lowest BCUT2D eigenvalue weighted by molar-refractivity contribution is 0.391. The van der Waals surface area contributed by atoms with Crippen LogP contribution in [0.2, 0.25) is 0 Å². The quantitative estimate of drug-likeness (QED) is 0.314. The maximum Gasteiger partial charge on any atom is 0.243 e. The van der Waals surface area contributed by atoms with Gasteiger partial charge in [-0.25, -0.2) is 27.8 Å². The number of para-hydroxylation sites is 1. The van der Waals surface area contributed by atoms with Crippen LogP contribution in [0.3, 0.4) is 0 Å². The second-order valence-corrected chi connectivity index (χ2v) is 11.4. The van der Waals surface area contributed by atoms with Crippen molar-refractivity contribution in [3.8, 4) is 28.0 Å². The van der Waals surface area contributed by atoms with Crippen molar-refractivity contribution >= 4 is 27.3 Å². The zero-order valence-corrected chi connectivity index (χ0v) is 22.5. The van der Waals surface area contributed by atoms with Crippen LogP contribution < -0.4 is 14.2 Å². The van der Waals surface area contributed by atoms with Gasteiger partial charge in [-0.2, -0.15) is 0 Å². The third-order valence-electron chi connectivity index (χ3n) is 5.50. The summed E-state index contributed by atoms with van der Waals surface area (Å²) >= 11 is 1.37. The van der Waals surface area contributed by atoms with Gasteiger partial charge in [0.1, 0.15) is 23.0 Å². The van der Waals surface area contributed by atoms with Gasteiger partial charge in [0, 0.05) is 11.8 Å². The minimum Gasteiger partial charge on any atom is -0.494 e. The molecular formula is C23H26FN7O4S2. The maximum absolute atomic E-state index is 13.3. The molecule has 0 radical (unpaired) electrons. The molecule has 4 rings (SSSR count). The second-order valence-electron chi connectivity index (χ2n) is 8.41. The predicted octanol–water partition coefficient (Wildman–Crippen LogP) is 3.83. The molecule has 4 aromatic rings. The van der Waals surface area contributed by atoms with Crippen LogP contribution in [0.5, 0.6) is 11.5 Å². The Bertz CT molecular complexity index is 1470. The summed E-state index contributed by atoms with van der Waals surface area (Å²) in [5, 5.41) is 9.93. The summed E-state index contributed by atoms with van der Waals surface area (Å²) in [5.74, 6) is 0.833. The number of thiazole rings is 1. The van der Waals surface area contributed by atoms with Crippen LogP contribution in [-0.4, -0.2) is 57.6 Å². The van der Waals surface area contributed by atoms with Crippen molar-refractivity contribution in [2.24, 2.45) is 0 Å². The number of ether oxygens (including phenoxy) is 2. The lowest BCUT2D eigenvalue weighted by Gasteiger charge is -2.18. The minimum absolute atomic E-state index is 0.0428. The highest BCUT2D eigenvalue weighted by Crippen LogP contribution is 2.38. The van der Waals surface area contributed by atoms with Crippen molar-refractivity contribution in [2.45, 2.75) is 38.4 Å². The van der Waals surface area contributed by atoms with E-state index in [1.165, 1.54) is 37.0 Å². The molecule has 0 fully saturated rings. The van der Waals surface area contributed by atoms with Crippen LogP contribution in [0.4, 0.5) is 10.3 Å². The van der Waals surface area contributed by atoms with Gasteiger partial charge in [-0.05, 0) is 25.0 Å². The van der Waals surface area contributed by atoms with Crippen molar-refractivity contribution in [1.82, 2.24) is 29.7 Å². The van der Waals surface area contributed by atoms with E-state index < -0.39 is 21.1 Å². The van der Waals surface area contributed by atoms with Crippen molar-refractivity contribution in [2.75, 3.05) is 18.9 Å². The fourth-order valence-corrected chi connectivity index (χ4v) is 5.36. The largest absolute Gasteiger partial charge is 0.494 e. The molecule has 0 amide bonds. The number of sulfonamides is 1. The highest BCUT2D eigenvalue weighted by molar-refractivity contribution is 7.93. The van der Waals surface area contributed by atoms with E-state index in [1.807, 2.05) is 19.2 Å². The zero-order valence-electron chi connectivity index (χ0n) is 20.8. The summed E-state index contributed by atoms with van der Waals surface area (Å²) in [6.07, 6.45) is 1.94. The van der Waals surface area contributed by atoms with E-state index >= 15 is 0 Å². The standard InChI is InChI=1S/C23H26FN7O4S2/c1-13(2)16-12-36-22(27-16)21-28-29-23(31(21)20-17(34-4)7-6-8-18(20)35-5)30-37(32,33)14(3)9-19-25-10-15(24)11-26-19/h6-8,10-14H,9H2,1-5H3,(H,29,30)/t14-/m1/s1. The first kappa shape index (κ1) is 26.4. The molecule has 37 heavy (non-hydrogen) atoms. The van der Waals surface area contributed by atoms with Gasteiger partial charge >= 0.3 is 0 Å². The van der Waals surface area contributed by atoms with Crippen molar-refractivity contribution < 1.29 is 22.3 Å². The average Bonchev–Trinajstić information content (AvgIpc) is 3.52. The van der Waals surface area contributed by atoms with Crippen molar-refractivity contribution in [1.29, 1.82) is 0 Å². The molecule has 0 bridgehead atoms. The molecule has 0 spiro atoms. The fraction of sp³-hybridized carbons (Fsp3) is 0.348. The van der Waals surface area contributed by atoms with Crippen LogP contribution in [0.15, 0.2) is 36.0 Å². The fourth-order valence-electron chi connectivity index (χ4n) is 3.45. The monoisotopic (exact) mass is 547 g/mol. The molecule has 1 atom stereocenters. The Morgan fingerprint density at radius 1 is 1.08 bits per heavy atom. The zero-order chi connectivity index (χ0) is 26.7. The summed E-state index contributed by atoms with van der Waals surface area (Å²) in [6.45, 7) is 5.55. The van der Waals surface area contributed by atoms with Crippen LogP contribution >= 0.6 is 11.3 Å². The smallest absolute Gasteiger partial charge is 0.243 e. The molecule has 0 aliphatic heterocycles. The van der Waals surface area contributed by atoms with Gasteiger partial charge in [0.2, 0.25) is 16.0 Å². The van der Waals surface area contributed by atoms with Crippen molar-refractivity contribution in [3.63, 3.8) is 0 Å². The summed E-state index contributed by atoms with van der Waals surface area (Å²) < 4.78 is 55.0. The summed E-state index contributed by atoms with van der Waals surface area (Å²) in [7, 11) is -1.02. The molecular weight excluding hydrogens is 521 g/mol. The SMILES string of the molecule is COc1cccc(OC)c1-n1c(NS(=O)(=O)[C@H](C)Cc2ncc(F)cn2)nnc1-c1nc(C(C)C)cs1. The average molecular weight is 548 g/mol. The number of aromatic nitrogens is 6. The van der Waals surface area contributed by atoms with Gasteiger partial charge < -0.3 is 9.47 Å². The first-order valence-corrected chi connectivity index (χ1v) is 13.7. The Kier molecular flexibility index (Phi) is 7.68. The van der Waals surface area contributed by atoms with Gasteiger partial charge in [0.05, 0.1) is 37.6 Å². The Morgan fingerprint density at radius 2 is 1.73 bits per heavy atom. The van der Waals surface area contributed by atoms with E-state index in [4.69, 9.17) is 9.47 Å². The molecule has 0 saturated carbocycles. The maximum atomic E-state index is 13.3. The van der Waals surface area contributed by atoms with E-state index in [-0.39, 0.29) is 24.1 Å². The van der Waals surface area contributed by atoms with Gasteiger partial charge in [0.15, 0.2) is 16.6 Å². The van der Waals surface area contributed by atoms with Gasteiger partial charge in [0.25, 0.3) is 0 Å². The number of nitrogens with zero attached hydrogens (tertiary/aromatic N) is 6. The minimum atomic E-state index is -4.01. The summed E-state index contributed by atoms with van der Waals surface area (Å²) in [6, 6.07) is 5.19. The molecule has 11 nitrogen and oxygen atoms in total. The number of halogens is 1. The van der Waals surface area contributed by atoms with Crippen LogP contribution in [0.25, 0.3) is 16.5 Å². The molecule has 0 aliphatic carbocycles. The van der Waals surface area contributed by atoms with Gasteiger partial charge in [-0.15, -0.1) is 21.5 Å². The van der Waals surface area contributed by atoms with Gasteiger partial charge in [-0.3, -0.25) is 9.29 Å². The highest BCUT2D eigenvalue weighted by Gasteiger charge is 2.29. The van der Waals surface area contributed by atoms with Crippen LogP contribution in [0.1, 0.15) is 38.2 Å². The number of methoxy groups -OCH3 is 2. The normalized spacial score (nSPS) is 12.5. The topological polar surface area (TPSA) is 134 Å². The Balaban J connectivity index is 1.80. The summed E-state index contributed by atoms with van der Waals surface area (Å²) in [4.78, 5) is 12.4. The number of anilines is 1. The Morgan fingerprint density at radius 3 is 2.30 bits per heavy atom.